The Kier molecular flexibility index (Phi) is 5.09. The molecule has 0 fully saturated rings. The Morgan fingerprint density at radius 1 is 1.12 bits per heavy atom. The van der Waals surface area contributed by atoms with Crippen molar-refractivity contribution >= 4 is 23.0 Å². The molecule has 0 radical (unpaired) electrons. The van der Waals surface area contributed by atoms with E-state index in [9.17, 15) is 9.59 Å². The van der Waals surface area contributed by atoms with Gasteiger partial charge in [-0.1, -0.05) is 24.3 Å². The number of hydrogen-bond acceptors (Lipinski definition) is 4. The van der Waals surface area contributed by atoms with E-state index in [1.165, 1.54) is 4.88 Å². The topological polar surface area (TPSA) is 64.0 Å². The van der Waals surface area contributed by atoms with Crippen LogP contribution in [0.2, 0.25) is 0 Å². The van der Waals surface area contributed by atoms with Crippen molar-refractivity contribution in [3.8, 4) is 5.69 Å². The van der Waals surface area contributed by atoms with Crippen molar-refractivity contribution in [2.45, 2.75) is 20.3 Å². The van der Waals surface area contributed by atoms with Crippen molar-refractivity contribution in [3.05, 3.63) is 69.7 Å². The Morgan fingerprint density at radius 3 is 2.56 bits per heavy atom. The van der Waals surface area contributed by atoms with E-state index < -0.39 is 11.7 Å². The number of aryl methyl sites for hydroxylation is 1. The molecule has 25 heavy (non-hydrogen) atoms. The smallest absolute Gasteiger partial charge is 0.292 e. The molecule has 0 saturated carbocycles. The Labute approximate surface area is 150 Å². The van der Waals surface area contributed by atoms with Crippen molar-refractivity contribution in [1.82, 2.24) is 15.1 Å². The maximum Gasteiger partial charge on any atom is 0.292 e. The van der Waals surface area contributed by atoms with Gasteiger partial charge in [-0.05, 0) is 43.8 Å². The third-order valence-electron chi connectivity index (χ3n) is 3.96. The van der Waals surface area contributed by atoms with Crippen LogP contribution in [0.15, 0.2) is 47.8 Å². The molecule has 0 aliphatic rings. The van der Waals surface area contributed by atoms with E-state index in [1.54, 1.807) is 29.9 Å². The van der Waals surface area contributed by atoms with Crippen LogP contribution < -0.4 is 5.32 Å². The molecule has 0 aliphatic carbocycles. The van der Waals surface area contributed by atoms with Crippen molar-refractivity contribution in [2.75, 3.05) is 6.54 Å². The second kappa shape index (κ2) is 7.44. The van der Waals surface area contributed by atoms with Gasteiger partial charge in [-0.15, -0.1) is 11.3 Å². The number of para-hydroxylation sites is 1. The number of ketones is 1. The molecule has 0 bridgehead atoms. The fourth-order valence-electron chi connectivity index (χ4n) is 2.74. The van der Waals surface area contributed by atoms with Gasteiger partial charge in [0.15, 0.2) is 0 Å². The maximum absolute atomic E-state index is 12.6. The summed E-state index contributed by atoms with van der Waals surface area (Å²) in [5.41, 5.74) is 2.46. The number of rotatable bonds is 6. The predicted octanol–water partition coefficient (Wildman–Crippen LogP) is 3.09. The summed E-state index contributed by atoms with van der Waals surface area (Å²) in [5.74, 6) is -1.13. The molecule has 0 atom stereocenters. The largest absolute Gasteiger partial charge is 0.349 e. The highest BCUT2D eigenvalue weighted by atomic mass is 32.1. The van der Waals surface area contributed by atoms with E-state index >= 15 is 0 Å². The zero-order chi connectivity index (χ0) is 17.8. The normalized spacial score (nSPS) is 10.6. The van der Waals surface area contributed by atoms with Crippen molar-refractivity contribution in [2.24, 2.45) is 0 Å². The lowest BCUT2D eigenvalue weighted by atomic mass is 10.1. The second-order valence-electron chi connectivity index (χ2n) is 5.71. The standard InChI is InChI=1S/C19H19N3O2S/c1-13-17(14(2)22(21-13)15-7-4-3-5-8-15)18(23)19(24)20-11-10-16-9-6-12-25-16/h3-9,12H,10-11H2,1-2H3,(H,20,24). The van der Waals surface area contributed by atoms with Crippen molar-refractivity contribution in [1.29, 1.82) is 0 Å². The summed E-state index contributed by atoms with van der Waals surface area (Å²) in [6.45, 7) is 3.99. The summed E-state index contributed by atoms with van der Waals surface area (Å²) in [7, 11) is 0. The van der Waals surface area contributed by atoms with Gasteiger partial charge in [-0.25, -0.2) is 4.68 Å². The number of Topliss-reactive ketones (excluding diaryl/α,β-unsaturated/α-hetero) is 1. The third kappa shape index (κ3) is 3.69. The number of carbonyl (C=O) groups is 2. The van der Waals surface area contributed by atoms with E-state index in [2.05, 4.69) is 10.4 Å². The molecule has 3 aromatic rings. The first-order valence-corrected chi connectivity index (χ1v) is 8.92. The Bertz CT molecular complexity index is 883. The van der Waals surface area contributed by atoms with Crippen molar-refractivity contribution in [3.63, 3.8) is 0 Å². The number of hydrogen-bond donors (Lipinski definition) is 1. The third-order valence-corrected chi connectivity index (χ3v) is 4.90. The minimum atomic E-state index is -0.588. The Hall–Kier alpha value is -2.73. The number of benzene rings is 1. The van der Waals surface area contributed by atoms with Crippen LogP contribution in [0.5, 0.6) is 0 Å². The zero-order valence-corrected chi connectivity index (χ0v) is 15.0. The quantitative estimate of drug-likeness (QED) is 0.547. The fraction of sp³-hybridized carbons (Fsp3) is 0.211. The number of nitrogens with zero attached hydrogens (tertiary/aromatic N) is 2. The van der Waals surface area contributed by atoms with Crippen LogP contribution in [0.1, 0.15) is 26.6 Å². The highest BCUT2D eigenvalue weighted by molar-refractivity contribution is 7.09. The van der Waals surface area contributed by atoms with Gasteiger partial charge in [0.2, 0.25) is 0 Å². The molecule has 6 heteroatoms. The van der Waals surface area contributed by atoms with Crippen LogP contribution in [-0.2, 0) is 11.2 Å². The molecule has 1 aromatic carbocycles. The minimum absolute atomic E-state index is 0.373. The van der Waals surface area contributed by atoms with Crippen LogP contribution in [0, 0.1) is 13.8 Å². The lowest BCUT2D eigenvalue weighted by Gasteiger charge is -2.06. The van der Waals surface area contributed by atoms with E-state index in [1.807, 2.05) is 47.8 Å². The fourth-order valence-corrected chi connectivity index (χ4v) is 3.45. The number of thiophene rings is 1. The molecule has 0 spiro atoms. The van der Waals surface area contributed by atoms with Gasteiger partial charge in [0.25, 0.3) is 11.7 Å². The highest BCUT2D eigenvalue weighted by Crippen LogP contribution is 2.18. The molecule has 0 saturated heterocycles. The summed E-state index contributed by atoms with van der Waals surface area (Å²) in [4.78, 5) is 26.0. The predicted molar refractivity (Wildman–Crippen MR) is 98.4 cm³/mol. The van der Waals surface area contributed by atoms with Crippen molar-refractivity contribution < 1.29 is 9.59 Å². The van der Waals surface area contributed by atoms with E-state index in [0.29, 0.717) is 23.5 Å². The van der Waals surface area contributed by atoms with Crippen LogP contribution in [0.3, 0.4) is 0 Å². The molecular formula is C19H19N3O2S. The average Bonchev–Trinajstić information content (AvgIpc) is 3.23. The summed E-state index contributed by atoms with van der Waals surface area (Å²) in [5, 5.41) is 9.12. The van der Waals surface area contributed by atoms with Crippen LogP contribution >= 0.6 is 11.3 Å². The number of amides is 1. The summed E-state index contributed by atoms with van der Waals surface area (Å²) in [6, 6.07) is 13.5. The lowest BCUT2D eigenvalue weighted by Crippen LogP contribution is -2.33. The molecule has 1 amide bonds. The molecule has 0 aliphatic heterocycles. The van der Waals surface area contributed by atoms with Gasteiger partial charge < -0.3 is 5.32 Å². The van der Waals surface area contributed by atoms with Gasteiger partial charge in [0.1, 0.15) is 0 Å². The van der Waals surface area contributed by atoms with Gasteiger partial charge in [0.05, 0.1) is 22.6 Å². The molecule has 1 N–H and O–H groups in total. The van der Waals surface area contributed by atoms with Gasteiger partial charge in [-0.3, -0.25) is 9.59 Å². The first-order valence-electron chi connectivity index (χ1n) is 8.04. The lowest BCUT2D eigenvalue weighted by molar-refractivity contribution is -0.116. The minimum Gasteiger partial charge on any atom is -0.349 e. The molecule has 3 rings (SSSR count). The second-order valence-corrected chi connectivity index (χ2v) is 6.74. The first-order chi connectivity index (χ1) is 12.1. The molecule has 2 aromatic heterocycles. The van der Waals surface area contributed by atoms with Gasteiger partial charge >= 0.3 is 0 Å². The SMILES string of the molecule is Cc1nn(-c2ccccc2)c(C)c1C(=O)C(=O)NCCc1cccs1. The summed E-state index contributed by atoms with van der Waals surface area (Å²) in [6.07, 6.45) is 0.720. The highest BCUT2D eigenvalue weighted by Gasteiger charge is 2.24. The zero-order valence-electron chi connectivity index (χ0n) is 14.2. The Morgan fingerprint density at radius 2 is 1.88 bits per heavy atom. The molecular weight excluding hydrogens is 334 g/mol. The number of aromatic nitrogens is 2. The van der Waals surface area contributed by atoms with Gasteiger partial charge in [-0.2, -0.15) is 5.10 Å². The number of carbonyl (C=O) groups excluding carboxylic acids is 2. The van der Waals surface area contributed by atoms with Crippen LogP contribution in [0.25, 0.3) is 5.69 Å². The van der Waals surface area contributed by atoms with E-state index in [0.717, 1.165) is 12.1 Å². The van der Waals surface area contributed by atoms with E-state index in [4.69, 9.17) is 0 Å². The molecule has 128 valence electrons. The first kappa shape index (κ1) is 17.1. The summed E-state index contributed by atoms with van der Waals surface area (Å²) >= 11 is 1.64. The van der Waals surface area contributed by atoms with Gasteiger partial charge in [0, 0.05) is 11.4 Å². The maximum atomic E-state index is 12.6. The van der Waals surface area contributed by atoms with Crippen LogP contribution in [-0.4, -0.2) is 28.0 Å². The average molecular weight is 353 g/mol. The van der Waals surface area contributed by atoms with E-state index in [-0.39, 0.29) is 0 Å². The monoisotopic (exact) mass is 353 g/mol. The molecule has 0 unspecified atom stereocenters. The van der Waals surface area contributed by atoms with Crippen LogP contribution in [0.4, 0.5) is 0 Å². The Balaban J connectivity index is 1.73. The molecule has 5 nitrogen and oxygen atoms in total. The number of nitrogens with one attached hydrogen (secondary N) is 1. The summed E-state index contributed by atoms with van der Waals surface area (Å²) < 4.78 is 1.70. The molecule has 2 heterocycles.